The summed E-state index contributed by atoms with van der Waals surface area (Å²) < 4.78 is 56.1. The molecule has 1 atom stereocenters. The number of amides is 1. The van der Waals surface area contributed by atoms with Gasteiger partial charge in [0, 0.05) is 31.2 Å². The van der Waals surface area contributed by atoms with Crippen molar-refractivity contribution in [3.8, 4) is 0 Å². The molecule has 1 N–H and O–H groups in total. The number of rotatable bonds is 7. The van der Waals surface area contributed by atoms with Gasteiger partial charge in [-0.3, -0.25) is 4.79 Å². The first-order valence-corrected chi connectivity index (χ1v) is 15.4. The van der Waals surface area contributed by atoms with Gasteiger partial charge in [-0.05, 0) is 81.6 Å². The second-order valence-electron chi connectivity index (χ2n) is 10.5. The average molecular weight is 584 g/mol. The van der Waals surface area contributed by atoms with Gasteiger partial charge in [0.05, 0.1) is 17.9 Å². The molecular formula is C30H35F2N5O3S. The van der Waals surface area contributed by atoms with Crippen LogP contribution in [0.5, 0.6) is 0 Å². The van der Waals surface area contributed by atoms with E-state index in [0.29, 0.717) is 22.9 Å². The van der Waals surface area contributed by atoms with Gasteiger partial charge in [-0.15, -0.1) is 0 Å². The molecule has 0 aliphatic carbocycles. The summed E-state index contributed by atoms with van der Waals surface area (Å²) in [7, 11) is -4.47. The molecule has 8 nitrogen and oxygen atoms in total. The predicted molar refractivity (Wildman–Crippen MR) is 155 cm³/mol. The lowest BCUT2D eigenvalue weighted by Gasteiger charge is -2.32. The third kappa shape index (κ3) is 6.06. The number of amidine groups is 1. The fourth-order valence-corrected chi connectivity index (χ4v) is 7.23. The number of nitrogens with one attached hydrogen (secondary N) is 1. The summed E-state index contributed by atoms with van der Waals surface area (Å²) in [5.41, 5.74) is 1.93. The largest absolute Gasteiger partial charge is 0.381 e. The van der Waals surface area contributed by atoms with Crippen LogP contribution < -0.4 is 5.32 Å². The van der Waals surface area contributed by atoms with E-state index in [1.165, 1.54) is 12.8 Å². The van der Waals surface area contributed by atoms with E-state index in [9.17, 15) is 22.0 Å². The minimum atomic E-state index is -4.47. The third-order valence-electron chi connectivity index (χ3n) is 7.85. The van der Waals surface area contributed by atoms with Crippen LogP contribution in [0, 0.1) is 11.6 Å². The molecule has 1 unspecified atom stereocenters. The molecule has 0 radical (unpaired) electrons. The number of carbonyl (C=O) groups excluding carboxylic acids is 1. The maximum atomic E-state index is 14.5. The fraction of sp³-hybridized carbons (Fsp3) is 0.400. The van der Waals surface area contributed by atoms with Gasteiger partial charge in [0.1, 0.15) is 16.5 Å². The molecule has 0 spiro atoms. The number of allylic oxidation sites excluding steroid dienone is 1. The molecule has 3 saturated heterocycles. The fourth-order valence-electron chi connectivity index (χ4n) is 5.71. The van der Waals surface area contributed by atoms with Crippen LogP contribution in [-0.4, -0.2) is 79.6 Å². The third-order valence-corrected chi connectivity index (χ3v) is 9.66. The molecule has 1 amide bonds. The number of sulfonamides is 1. The lowest BCUT2D eigenvalue weighted by atomic mass is 10.1. The summed E-state index contributed by atoms with van der Waals surface area (Å²) in [6.45, 7) is 9.70. The highest BCUT2D eigenvalue weighted by atomic mass is 32.2. The van der Waals surface area contributed by atoms with E-state index in [2.05, 4.69) is 21.8 Å². The first-order valence-electron chi connectivity index (χ1n) is 14.0. The Morgan fingerprint density at radius 1 is 1.05 bits per heavy atom. The Morgan fingerprint density at radius 2 is 1.76 bits per heavy atom. The van der Waals surface area contributed by atoms with Crippen LogP contribution in [0.2, 0.25) is 0 Å². The molecule has 41 heavy (non-hydrogen) atoms. The van der Waals surface area contributed by atoms with Crippen molar-refractivity contribution in [2.24, 2.45) is 4.99 Å². The number of benzene rings is 2. The van der Waals surface area contributed by atoms with Gasteiger partial charge in [-0.25, -0.2) is 26.5 Å². The van der Waals surface area contributed by atoms with Gasteiger partial charge in [0.25, 0.3) is 15.9 Å². The molecule has 2 aromatic rings. The van der Waals surface area contributed by atoms with Crippen molar-refractivity contribution < 1.29 is 22.0 Å². The quantitative estimate of drug-likeness (QED) is 0.528. The number of carbonyl (C=O) groups is 1. The lowest BCUT2D eigenvalue weighted by Crippen LogP contribution is -2.49. The minimum absolute atomic E-state index is 0.00540. The summed E-state index contributed by atoms with van der Waals surface area (Å²) in [6.07, 6.45) is 6.16. The highest BCUT2D eigenvalue weighted by Crippen LogP contribution is 2.27. The Labute approximate surface area is 240 Å². The zero-order chi connectivity index (χ0) is 29.1. The maximum absolute atomic E-state index is 14.5. The molecule has 3 heterocycles. The Kier molecular flexibility index (Phi) is 8.55. The molecule has 0 saturated carbocycles. The van der Waals surface area contributed by atoms with Crippen LogP contribution in [0.1, 0.15) is 48.5 Å². The van der Waals surface area contributed by atoms with Crippen LogP contribution in [0.15, 0.2) is 70.7 Å². The van der Waals surface area contributed by atoms with Gasteiger partial charge in [-0.1, -0.05) is 24.8 Å². The Morgan fingerprint density at radius 3 is 2.46 bits per heavy atom. The van der Waals surface area contributed by atoms with Crippen LogP contribution in [0.4, 0.5) is 8.78 Å². The van der Waals surface area contributed by atoms with Gasteiger partial charge in [0.15, 0.2) is 5.84 Å². The average Bonchev–Trinajstić information content (AvgIpc) is 3.66. The first-order chi connectivity index (χ1) is 19.7. The molecule has 218 valence electrons. The number of hydrogen-bond donors (Lipinski definition) is 1. The zero-order valence-corrected chi connectivity index (χ0v) is 24.0. The molecule has 11 heteroatoms. The zero-order valence-electron chi connectivity index (χ0n) is 23.2. The van der Waals surface area contributed by atoms with Crippen LogP contribution >= 0.6 is 0 Å². The Balaban J connectivity index is 1.38. The van der Waals surface area contributed by atoms with E-state index < -0.39 is 26.6 Å². The normalized spacial score (nSPS) is 21.5. The summed E-state index contributed by atoms with van der Waals surface area (Å²) in [5.74, 6) is -1.93. The molecule has 3 aliphatic rings. The van der Waals surface area contributed by atoms with Crippen molar-refractivity contribution >= 4 is 27.5 Å². The van der Waals surface area contributed by atoms with Crippen molar-refractivity contribution in [3.05, 3.63) is 83.6 Å². The number of halogens is 2. The van der Waals surface area contributed by atoms with Crippen molar-refractivity contribution in [2.75, 3.05) is 39.3 Å². The summed E-state index contributed by atoms with van der Waals surface area (Å²) in [5, 5.41) is 3.00. The minimum Gasteiger partial charge on any atom is -0.381 e. The first kappa shape index (κ1) is 28.9. The standard InChI is InChI=1S/C30H35F2N5O3S/c1-3-27(34-29-21(2)33-14-18-37(29)41(39,40)28-19-24(31)12-13-26(28)32)22-8-10-23(11-9-22)30(38)36-17-6-7-25(36)20-35-15-4-5-16-35/h3,8-13,19,25,33H,2,4-7,14-18,20H2,1H3/b27-3-,34-29+. The highest BCUT2D eigenvalue weighted by Gasteiger charge is 2.35. The van der Waals surface area contributed by atoms with E-state index >= 15 is 0 Å². The van der Waals surface area contributed by atoms with Gasteiger partial charge >= 0.3 is 0 Å². The number of nitrogens with zero attached hydrogens (tertiary/aromatic N) is 4. The molecule has 0 bridgehead atoms. The number of likely N-dealkylation sites (tertiary alicyclic amines) is 2. The van der Waals surface area contributed by atoms with Gasteiger partial charge in [-0.2, -0.15) is 0 Å². The van der Waals surface area contributed by atoms with Gasteiger partial charge < -0.3 is 15.1 Å². The predicted octanol–water partition coefficient (Wildman–Crippen LogP) is 4.23. The topological polar surface area (TPSA) is 85.3 Å². The second-order valence-corrected chi connectivity index (χ2v) is 12.4. The lowest BCUT2D eigenvalue weighted by molar-refractivity contribution is 0.0708. The SMILES string of the molecule is C=C1NCCN(S(=O)(=O)c2cc(F)ccc2F)/C1=N/C(=C\C)c1ccc(C(=O)N2CCCC2CN2CCCC2)cc1. The number of hydrogen-bond acceptors (Lipinski definition) is 6. The van der Waals surface area contributed by atoms with E-state index in [-0.39, 0.29) is 36.6 Å². The molecular weight excluding hydrogens is 548 g/mol. The van der Waals surface area contributed by atoms with E-state index in [4.69, 9.17) is 0 Å². The van der Waals surface area contributed by atoms with Crippen molar-refractivity contribution in [1.82, 2.24) is 19.4 Å². The monoisotopic (exact) mass is 583 g/mol. The maximum Gasteiger partial charge on any atom is 0.268 e. The van der Waals surface area contributed by atoms with Crippen molar-refractivity contribution in [2.45, 2.75) is 43.5 Å². The van der Waals surface area contributed by atoms with Crippen LogP contribution in [0.25, 0.3) is 5.70 Å². The second kappa shape index (κ2) is 12.1. The number of piperazine rings is 1. The van der Waals surface area contributed by atoms with Crippen LogP contribution in [-0.2, 0) is 10.0 Å². The molecule has 2 aromatic carbocycles. The number of aliphatic imine (C=N–C) groups is 1. The molecule has 3 fully saturated rings. The van der Waals surface area contributed by atoms with Gasteiger partial charge in [0.2, 0.25) is 0 Å². The van der Waals surface area contributed by atoms with E-state index in [1.54, 1.807) is 37.3 Å². The summed E-state index contributed by atoms with van der Waals surface area (Å²) in [4.78, 5) is 21.6. The smallest absolute Gasteiger partial charge is 0.268 e. The van der Waals surface area contributed by atoms with Crippen molar-refractivity contribution in [3.63, 3.8) is 0 Å². The summed E-state index contributed by atoms with van der Waals surface area (Å²) in [6, 6.07) is 9.61. The van der Waals surface area contributed by atoms with Crippen molar-refractivity contribution in [1.29, 1.82) is 0 Å². The van der Waals surface area contributed by atoms with Crippen LogP contribution in [0.3, 0.4) is 0 Å². The Bertz CT molecular complexity index is 1480. The van der Waals surface area contributed by atoms with E-state index in [1.807, 2.05) is 4.90 Å². The molecule has 5 rings (SSSR count). The van der Waals surface area contributed by atoms with E-state index in [0.717, 1.165) is 55.5 Å². The molecule has 0 aromatic heterocycles. The molecule has 3 aliphatic heterocycles. The Hall–Kier alpha value is -3.57. The summed E-state index contributed by atoms with van der Waals surface area (Å²) >= 11 is 0. The highest BCUT2D eigenvalue weighted by molar-refractivity contribution is 7.89.